The van der Waals surface area contributed by atoms with Crippen LogP contribution in [0.25, 0.3) is 11.0 Å². The van der Waals surface area contributed by atoms with Crippen LogP contribution < -0.4 is 11.0 Å². The number of carbonyl (C=O) groups is 2. The van der Waals surface area contributed by atoms with Gasteiger partial charge in [0.25, 0.3) is 5.91 Å². The first-order valence-corrected chi connectivity index (χ1v) is 8.29. The largest absolute Gasteiger partial charge is 0.480 e. The molecule has 0 bridgehead atoms. The first-order valence-electron chi connectivity index (χ1n) is 8.29. The minimum absolute atomic E-state index is 0.161. The maximum atomic E-state index is 12.2. The molecule has 1 unspecified atom stereocenters. The Labute approximate surface area is 138 Å². The predicted molar refractivity (Wildman–Crippen MR) is 89.2 cm³/mol. The van der Waals surface area contributed by atoms with Gasteiger partial charge in [0.2, 0.25) is 0 Å². The van der Waals surface area contributed by atoms with Crippen molar-refractivity contribution < 1.29 is 14.7 Å². The summed E-state index contributed by atoms with van der Waals surface area (Å²) in [6.45, 7) is 1.70. The van der Waals surface area contributed by atoms with Gasteiger partial charge in [-0.25, -0.2) is 9.59 Å². The molecule has 0 spiro atoms. The number of carboxylic acids is 1. The van der Waals surface area contributed by atoms with E-state index in [0.29, 0.717) is 17.5 Å². The van der Waals surface area contributed by atoms with Gasteiger partial charge in [-0.1, -0.05) is 19.8 Å². The lowest BCUT2D eigenvalue weighted by molar-refractivity contribution is -0.139. The first-order chi connectivity index (χ1) is 11.5. The van der Waals surface area contributed by atoms with Gasteiger partial charge in [-0.15, -0.1) is 0 Å². The first kappa shape index (κ1) is 16.3. The van der Waals surface area contributed by atoms with Crippen LogP contribution in [0.2, 0.25) is 0 Å². The highest BCUT2D eigenvalue weighted by atomic mass is 16.4. The monoisotopic (exact) mass is 331 g/mol. The van der Waals surface area contributed by atoms with Crippen molar-refractivity contribution in [3.8, 4) is 0 Å². The van der Waals surface area contributed by atoms with Crippen LogP contribution in [0.4, 0.5) is 0 Å². The molecule has 1 atom stereocenters. The lowest BCUT2D eigenvalue weighted by atomic mass is 10.1. The van der Waals surface area contributed by atoms with Gasteiger partial charge < -0.3 is 15.4 Å². The van der Waals surface area contributed by atoms with Crippen LogP contribution in [0.1, 0.15) is 55.4 Å². The number of fused-ring (bicyclic) bond motifs is 1. The van der Waals surface area contributed by atoms with E-state index in [2.05, 4.69) is 10.3 Å². The molecule has 1 fully saturated rings. The standard InChI is InChI=1S/C17H21N3O4/c1-2-12(16(22)23)18-15(21)10-7-8-14-13(9-10)19-17(24)20(14)11-5-3-4-6-11/h7-9,11-12H,2-6H2,1H3,(H,18,21)(H,19,24)(H,22,23). The Morgan fingerprint density at radius 2 is 2.08 bits per heavy atom. The summed E-state index contributed by atoms with van der Waals surface area (Å²) in [6, 6.07) is 4.27. The molecular weight excluding hydrogens is 310 g/mol. The number of rotatable bonds is 5. The highest BCUT2D eigenvalue weighted by molar-refractivity contribution is 5.99. The van der Waals surface area contributed by atoms with Gasteiger partial charge >= 0.3 is 11.7 Å². The van der Waals surface area contributed by atoms with E-state index in [1.807, 2.05) is 0 Å². The molecule has 3 rings (SSSR count). The Balaban J connectivity index is 1.90. The average Bonchev–Trinajstić information content (AvgIpc) is 3.17. The summed E-state index contributed by atoms with van der Waals surface area (Å²) in [5, 5.41) is 11.5. The Morgan fingerprint density at radius 1 is 1.38 bits per heavy atom. The zero-order valence-electron chi connectivity index (χ0n) is 13.5. The molecule has 1 aliphatic rings. The number of aromatic amines is 1. The van der Waals surface area contributed by atoms with Crippen LogP contribution in [-0.4, -0.2) is 32.6 Å². The SMILES string of the molecule is CCC(NC(=O)c1ccc2c(c1)[nH]c(=O)n2C1CCCC1)C(=O)O. The molecule has 3 N–H and O–H groups in total. The summed E-state index contributed by atoms with van der Waals surface area (Å²) in [5.41, 5.74) is 1.56. The number of nitrogens with zero attached hydrogens (tertiary/aromatic N) is 1. The zero-order chi connectivity index (χ0) is 17.3. The molecule has 1 aliphatic carbocycles. The van der Waals surface area contributed by atoms with Gasteiger partial charge in [0.1, 0.15) is 6.04 Å². The topological polar surface area (TPSA) is 104 Å². The fourth-order valence-corrected chi connectivity index (χ4v) is 3.38. The van der Waals surface area contributed by atoms with Crippen molar-refractivity contribution in [3.05, 3.63) is 34.2 Å². The van der Waals surface area contributed by atoms with Crippen molar-refractivity contribution in [2.24, 2.45) is 0 Å². The number of carboxylic acid groups (broad SMARTS) is 1. The zero-order valence-corrected chi connectivity index (χ0v) is 13.5. The molecule has 128 valence electrons. The van der Waals surface area contributed by atoms with Gasteiger partial charge in [0, 0.05) is 11.6 Å². The van der Waals surface area contributed by atoms with Gasteiger partial charge in [-0.05, 0) is 37.5 Å². The minimum Gasteiger partial charge on any atom is -0.480 e. The van der Waals surface area contributed by atoms with Crippen LogP contribution in [0.5, 0.6) is 0 Å². The summed E-state index contributed by atoms with van der Waals surface area (Å²) in [7, 11) is 0. The van der Waals surface area contributed by atoms with E-state index in [0.717, 1.165) is 31.2 Å². The summed E-state index contributed by atoms with van der Waals surface area (Å²) in [4.78, 5) is 38.3. The fourth-order valence-electron chi connectivity index (χ4n) is 3.38. The number of imidazole rings is 1. The summed E-state index contributed by atoms with van der Waals surface area (Å²) in [5.74, 6) is -1.52. The van der Waals surface area contributed by atoms with Crippen molar-refractivity contribution in [3.63, 3.8) is 0 Å². The lowest BCUT2D eigenvalue weighted by Gasteiger charge is -2.13. The Morgan fingerprint density at radius 3 is 2.71 bits per heavy atom. The van der Waals surface area contributed by atoms with Crippen LogP contribution in [0.3, 0.4) is 0 Å². The molecule has 24 heavy (non-hydrogen) atoms. The third kappa shape index (κ3) is 2.93. The third-order valence-corrected chi connectivity index (χ3v) is 4.68. The minimum atomic E-state index is -1.06. The molecule has 1 amide bonds. The molecule has 7 nitrogen and oxygen atoms in total. The van der Waals surface area contributed by atoms with E-state index in [4.69, 9.17) is 5.11 Å². The Kier molecular flexibility index (Phi) is 4.42. The van der Waals surface area contributed by atoms with Gasteiger partial charge in [-0.2, -0.15) is 0 Å². The quantitative estimate of drug-likeness (QED) is 0.780. The van der Waals surface area contributed by atoms with E-state index in [9.17, 15) is 14.4 Å². The van der Waals surface area contributed by atoms with Crippen molar-refractivity contribution in [1.29, 1.82) is 0 Å². The smallest absolute Gasteiger partial charge is 0.326 e. The van der Waals surface area contributed by atoms with Crippen LogP contribution in [0, 0.1) is 0 Å². The normalized spacial score (nSPS) is 16.4. The van der Waals surface area contributed by atoms with Crippen LogP contribution >= 0.6 is 0 Å². The number of carbonyl (C=O) groups excluding carboxylic acids is 1. The van der Waals surface area contributed by atoms with E-state index in [1.54, 1.807) is 29.7 Å². The van der Waals surface area contributed by atoms with Crippen molar-refractivity contribution >= 4 is 22.9 Å². The summed E-state index contributed by atoms with van der Waals surface area (Å²) in [6.07, 6.45) is 4.53. The van der Waals surface area contributed by atoms with Gasteiger partial charge in [0.05, 0.1) is 11.0 Å². The number of amides is 1. The van der Waals surface area contributed by atoms with Crippen LogP contribution in [-0.2, 0) is 4.79 Å². The highest BCUT2D eigenvalue weighted by Crippen LogP contribution is 2.30. The molecule has 0 aliphatic heterocycles. The third-order valence-electron chi connectivity index (χ3n) is 4.68. The Bertz CT molecular complexity index is 830. The number of hydrogen-bond acceptors (Lipinski definition) is 3. The second-order valence-electron chi connectivity index (χ2n) is 6.24. The molecule has 1 saturated carbocycles. The second-order valence-corrected chi connectivity index (χ2v) is 6.24. The highest BCUT2D eigenvalue weighted by Gasteiger charge is 2.22. The van der Waals surface area contributed by atoms with Crippen molar-refractivity contribution in [1.82, 2.24) is 14.9 Å². The van der Waals surface area contributed by atoms with E-state index >= 15 is 0 Å². The van der Waals surface area contributed by atoms with E-state index < -0.39 is 17.9 Å². The van der Waals surface area contributed by atoms with Gasteiger partial charge in [-0.3, -0.25) is 9.36 Å². The number of aromatic nitrogens is 2. The molecule has 1 heterocycles. The fraction of sp³-hybridized carbons (Fsp3) is 0.471. The van der Waals surface area contributed by atoms with E-state index in [1.165, 1.54) is 0 Å². The molecule has 1 aromatic heterocycles. The predicted octanol–water partition coefficient (Wildman–Crippen LogP) is 2.04. The number of benzene rings is 1. The van der Waals surface area contributed by atoms with E-state index in [-0.39, 0.29) is 11.7 Å². The second kappa shape index (κ2) is 6.51. The molecule has 7 heteroatoms. The lowest BCUT2D eigenvalue weighted by Crippen LogP contribution is -2.40. The number of aliphatic carboxylic acids is 1. The van der Waals surface area contributed by atoms with Gasteiger partial charge in [0.15, 0.2) is 0 Å². The number of H-pyrrole nitrogens is 1. The molecule has 0 radical (unpaired) electrons. The summed E-state index contributed by atoms with van der Waals surface area (Å²) >= 11 is 0. The Hall–Kier alpha value is -2.57. The molecule has 1 aromatic carbocycles. The average molecular weight is 331 g/mol. The van der Waals surface area contributed by atoms with Crippen molar-refractivity contribution in [2.45, 2.75) is 51.1 Å². The maximum absolute atomic E-state index is 12.2. The molecule has 2 aromatic rings. The molecular formula is C17H21N3O4. The number of hydrogen-bond donors (Lipinski definition) is 3. The number of nitrogens with one attached hydrogen (secondary N) is 2. The van der Waals surface area contributed by atoms with Crippen molar-refractivity contribution in [2.75, 3.05) is 0 Å². The maximum Gasteiger partial charge on any atom is 0.326 e. The molecule has 0 saturated heterocycles. The summed E-state index contributed by atoms with van der Waals surface area (Å²) < 4.78 is 1.77. The van der Waals surface area contributed by atoms with Crippen LogP contribution in [0.15, 0.2) is 23.0 Å².